The van der Waals surface area contributed by atoms with E-state index in [2.05, 4.69) is 37.4 Å². The van der Waals surface area contributed by atoms with Gasteiger partial charge >= 0.3 is 0 Å². The highest BCUT2D eigenvalue weighted by Gasteiger charge is 2.16. The minimum Gasteiger partial charge on any atom is -0.491 e. The van der Waals surface area contributed by atoms with Crippen molar-refractivity contribution in [1.29, 1.82) is 0 Å². The summed E-state index contributed by atoms with van der Waals surface area (Å²) < 4.78 is 11.4. The zero-order valence-electron chi connectivity index (χ0n) is 12.0. The van der Waals surface area contributed by atoms with E-state index in [4.69, 9.17) is 9.47 Å². The third-order valence-corrected chi connectivity index (χ3v) is 3.52. The Bertz CT molecular complexity index is 375. The van der Waals surface area contributed by atoms with Crippen molar-refractivity contribution in [2.24, 2.45) is 0 Å². The fraction of sp³-hybridized carbons (Fsp3) is 0.625. The highest BCUT2D eigenvalue weighted by Crippen LogP contribution is 2.20. The molecule has 2 rings (SSSR count). The van der Waals surface area contributed by atoms with Crippen molar-refractivity contribution in [3.05, 3.63) is 29.8 Å². The number of rotatable bonds is 7. The first-order valence-corrected chi connectivity index (χ1v) is 7.37. The van der Waals surface area contributed by atoms with Crippen molar-refractivity contribution < 1.29 is 9.47 Å². The molecule has 0 radical (unpaired) electrons. The van der Waals surface area contributed by atoms with E-state index in [0.29, 0.717) is 12.6 Å². The molecule has 0 saturated carbocycles. The lowest BCUT2D eigenvalue weighted by atomic mass is 10.1. The van der Waals surface area contributed by atoms with E-state index in [1.807, 2.05) is 6.07 Å². The summed E-state index contributed by atoms with van der Waals surface area (Å²) in [5.41, 5.74) is 1.28. The maximum atomic E-state index is 5.83. The summed E-state index contributed by atoms with van der Waals surface area (Å²) >= 11 is 0. The summed E-state index contributed by atoms with van der Waals surface area (Å²) in [4.78, 5) is 0. The third kappa shape index (κ3) is 4.51. The van der Waals surface area contributed by atoms with Crippen LogP contribution >= 0.6 is 0 Å². The fourth-order valence-electron chi connectivity index (χ4n) is 2.32. The Morgan fingerprint density at radius 2 is 2.37 bits per heavy atom. The lowest BCUT2D eigenvalue weighted by Crippen LogP contribution is -2.19. The summed E-state index contributed by atoms with van der Waals surface area (Å²) in [6, 6.07) is 8.72. The van der Waals surface area contributed by atoms with Gasteiger partial charge in [0, 0.05) is 12.6 Å². The zero-order valence-corrected chi connectivity index (χ0v) is 12.0. The normalized spacial score (nSPS) is 20.4. The molecule has 0 spiro atoms. The van der Waals surface area contributed by atoms with Crippen LogP contribution < -0.4 is 10.1 Å². The summed E-state index contributed by atoms with van der Waals surface area (Å²) in [6.07, 6.45) is 3.71. The van der Waals surface area contributed by atoms with Gasteiger partial charge in [-0.3, -0.25) is 0 Å². The summed E-state index contributed by atoms with van der Waals surface area (Å²) in [7, 11) is 0. The Balaban J connectivity index is 1.86. The molecule has 0 aliphatic carbocycles. The van der Waals surface area contributed by atoms with Crippen molar-refractivity contribution in [3.63, 3.8) is 0 Å². The Labute approximate surface area is 116 Å². The Morgan fingerprint density at radius 3 is 3.11 bits per heavy atom. The number of ether oxygens (including phenoxy) is 2. The maximum Gasteiger partial charge on any atom is 0.119 e. The highest BCUT2D eigenvalue weighted by atomic mass is 16.5. The van der Waals surface area contributed by atoms with Crippen LogP contribution in [0.3, 0.4) is 0 Å². The van der Waals surface area contributed by atoms with E-state index < -0.39 is 0 Å². The van der Waals surface area contributed by atoms with E-state index in [0.717, 1.165) is 38.2 Å². The van der Waals surface area contributed by atoms with Crippen LogP contribution in [0.15, 0.2) is 24.3 Å². The van der Waals surface area contributed by atoms with E-state index in [-0.39, 0.29) is 6.10 Å². The van der Waals surface area contributed by atoms with Gasteiger partial charge in [-0.2, -0.15) is 0 Å². The molecule has 0 aromatic heterocycles. The van der Waals surface area contributed by atoms with Crippen LogP contribution in [0.4, 0.5) is 0 Å². The molecule has 1 aromatic rings. The molecule has 106 valence electrons. The van der Waals surface area contributed by atoms with Crippen LogP contribution in [0.5, 0.6) is 5.75 Å². The van der Waals surface area contributed by atoms with Gasteiger partial charge in [0.25, 0.3) is 0 Å². The number of hydrogen-bond acceptors (Lipinski definition) is 3. The van der Waals surface area contributed by atoms with Crippen molar-refractivity contribution in [2.75, 3.05) is 19.8 Å². The van der Waals surface area contributed by atoms with Crippen LogP contribution in [0.25, 0.3) is 0 Å². The van der Waals surface area contributed by atoms with E-state index in [9.17, 15) is 0 Å². The fourth-order valence-corrected chi connectivity index (χ4v) is 2.32. The predicted octanol–water partition coefficient (Wildman–Crippen LogP) is 3.31. The lowest BCUT2D eigenvalue weighted by molar-refractivity contribution is 0.0679. The molecule has 3 nitrogen and oxygen atoms in total. The van der Waals surface area contributed by atoms with Gasteiger partial charge in [-0.15, -0.1) is 0 Å². The summed E-state index contributed by atoms with van der Waals surface area (Å²) in [5.74, 6) is 0.943. The Kier molecular flexibility index (Phi) is 5.67. The maximum absolute atomic E-state index is 5.83. The second-order valence-corrected chi connectivity index (χ2v) is 5.19. The van der Waals surface area contributed by atoms with Crippen molar-refractivity contribution in [2.45, 2.75) is 45.3 Å². The van der Waals surface area contributed by atoms with Crippen LogP contribution in [0.2, 0.25) is 0 Å². The second-order valence-electron chi connectivity index (χ2n) is 5.19. The van der Waals surface area contributed by atoms with Crippen LogP contribution in [-0.4, -0.2) is 25.9 Å². The topological polar surface area (TPSA) is 30.5 Å². The SMILES string of the molecule is CCCNC(C)c1cccc(OCC2CCCO2)c1. The van der Waals surface area contributed by atoms with Gasteiger partial charge in [0.1, 0.15) is 12.4 Å². The third-order valence-electron chi connectivity index (χ3n) is 3.52. The zero-order chi connectivity index (χ0) is 13.5. The molecule has 2 unspecified atom stereocenters. The first-order chi connectivity index (χ1) is 9.29. The number of hydrogen-bond donors (Lipinski definition) is 1. The Hall–Kier alpha value is -1.06. The van der Waals surface area contributed by atoms with Gasteiger partial charge < -0.3 is 14.8 Å². The van der Waals surface area contributed by atoms with Gasteiger partial charge in [0.15, 0.2) is 0 Å². The van der Waals surface area contributed by atoms with Crippen molar-refractivity contribution in [1.82, 2.24) is 5.32 Å². The van der Waals surface area contributed by atoms with E-state index in [1.165, 1.54) is 5.56 Å². The molecule has 0 bridgehead atoms. The number of nitrogens with one attached hydrogen (secondary N) is 1. The standard InChI is InChI=1S/C16H25NO2/c1-3-9-17-13(2)14-6-4-7-15(11-14)19-12-16-8-5-10-18-16/h4,6-7,11,13,16-17H,3,5,8-10,12H2,1-2H3. The molecule has 1 N–H and O–H groups in total. The minimum atomic E-state index is 0.277. The number of benzene rings is 1. The molecule has 1 saturated heterocycles. The molecule has 1 aliphatic heterocycles. The van der Waals surface area contributed by atoms with Gasteiger partial charge in [-0.1, -0.05) is 19.1 Å². The molecule has 1 fully saturated rings. The molecule has 0 amide bonds. The summed E-state index contributed by atoms with van der Waals surface area (Å²) in [5, 5.41) is 3.49. The van der Waals surface area contributed by atoms with E-state index in [1.54, 1.807) is 0 Å². The van der Waals surface area contributed by atoms with Gasteiger partial charge in [0.05, 0.1) is 6.10 Å². The molecule has 2 atom stereocenters. The smallest absolute Gasteiger partial charge is 0.119 e. The molecule has 1 heterocycles. The quantitative estimate of drug-likeness (QED) is 0.818. The minimum absolute atomic E-state index is 0.277. The largest absolute Gasteiger partial charge is 0.491 e. The van der Waals surface area contributed by atoms with E-state index >= 15 is 0 Å². The second kappa shape index (κ2) is 7.51. The van der Waals surface area contributed by atoms with Crippen molar-refractivity contribution in [3.8, 4) is 5.75 Å². The summed E-state index contributed by atoms with van der Waals surface area (Å²) in [6.45, 7) is 6.96. The van der Waals surface area contributed by atoms with Crippen LogP contribution in [0, 0.1) is 0 Å². The average molecular weight is 263 g/mol. The predicted molar refractivity (Wildman–Crippen MR) is 77.6 cm³/mol. The first-order valence-electron chi connectivity index (χ1n) is 7.37. The van der Waals surface area contributed by atoms with Gasteiger partial charge in [-0.25, -0.2) is 0 Å². The molecule has 1 aliphatic rings. The van der Waals surface area contributed by atoms with Gasteiger partial charge in [0.2, 0.25) is 0 Å². The Morgan fingerprint density at radius 1 is 1.47 bits per heavy atom. The van der Waals surface area contributed by atoms with Crippen molar-refractivity contribution >= 4 is 0 Å². The monoisotopic (exact) mass is 263 g/mol. The molecule has 1 aromatic carbocycles. The molecule has 19 heavy (non-hydrogen) atoms. The molecular weight excluding hydrogens is 238 g/mol. The van der Waals surface area contributed by atoms with Gasteiger partial charge in [-0.05, 0) is 50.4 Å². The highest BCUT2D eigenvalue weighted by molar-refractivity contribution is 5.30. The van der Waals surface area contributed by atoms with Crippen LogP contribution in [0.1, 0.15) is 44.7 Å². The molecule has 3 heteroatoms. The van der Waals surface area contributed by atoms with Crippen LogP contribution in [-0.2, 0) is 4.74 Å². The molecular formula is C16H25NO2. The average Bonchev–Trinajstić information content (AvgIpc) is 2.96. The first kappa shape index (κ1) is 14.4. The lowest BCUT2D eigenvalue weighted by Gasteiger charge is -2.16.